The van der Waals surface area contributed by atoms with Gasteiger partial charge in [-0.1, -0.05) is 34.8 Å². The predicted octanol–water partition coefficient (Wildman–Crippen LogP) is 6.45. The Bertz CT molecular complexity index is 1160. The Morgan fingerprint density at radius 3 is 2.58 bits per heavy atom. The molecule has 0 saturated carbocycles. The Morgan fingerprint density at radius 2 is 1.90 bits per heavy atom. The maximum atomic E-state index is 13.1. The number of thioether (sulfide) groups is 1. The van der Waals surface area contributed by atoms with E-state index in [-0.39, 0.29) is 33.5 Å². The number of nitrogens with one attached hydrogen (secondary N) is 2. The molecule has 0 saturated heterocycles. The van der Waals surface area contributed by atoms with Gasteiger partial charge in [0.25, 0.3) is 11.1 Å². The highest BCUT2D eigenvalue weighted by Crippen LogP contribution is 2.37. The molecule has 2 heterocycles. The second-order valence-corrected chi connectivity index (χ2v) is 9.55. The van der Waals surface area contributed by atoms with E-state index >= 15 is 0 Å². The lowest BCUT2D eigenvalue weighted by Gasteiger charge is -2.14. The summed E-state index contributed by atoms with van der Waals surface area (Å²) in [6, 6.07) is 7.80. The van der Waals surface area contributed by atoms with Gasteiger partial charge in [0.15, 0.2) is 5.82 Å². The van der Waals surface area contributed by atoms with Gasteiger partial charge >= 0.3 is 0 Å². The number of hydrogen-bond donors (Lipinski definition) is 2. The van der Waals surface area contributed by atoms with Crippen LogP contribution in [0.5, 0.6) is 0 Å². The van der Waals surface area contributed by atoms with Gasteiger partial charge in [-0.2, -0.15) is 5.10 Å². The predicted molar refractivity (Wildman–Crippen MR) is 128 cm³/mol. The molecule has 1 aromatic carbocycles. The Balaban J connectivity index is 1.96. The zero-order chi connectivity index (χ0) is 22.7. The Labute approximate surface area is 206 Å². The highest BCUT2D eigenvalue weighted by atomic mass is 79.9. The third-order valence-electron chi connectivity index (χ3n) is 3.72. The SMILES string of the molecule is CC(C)NC(=O)Sc1cc(Cl)cc(Cl)c1NC(=O)c1cc(Br)nn1-c1ncccc1Cl. The van der Waals surface area contributed by atoms with E-state index in [4.69, 9.17) is 34.8 Å². The van der Waals surface area contributed by atoms with E-state index in [2.05, 4.69) is 36.6 Å². The van der Waals surface area contributed by atoms with E-state index < -0.39 is 5.91 Å². The first-order valence-corrected chi connectivity index (χ1v) is 11.5. The summed E-state index contributed by atoms with van der Waals surface area (Å²) >= 11 is 22.8. The summed E-state index contributed by atoms with van der Waals surface area (Å²) in [5, 5.41) is 10.3. The maximum Gasteiger partial charge on any atom is 0.284 e. The van der Waals surface area contributed by atoms with E-state index in [0.29, 0.717) is 19.5 Å². The van der Waals surface area contributed by atoms with Crippen molar-refractivity contribution in [2.24, 2.45) is 0 Å². The third kappa shape index (κ3) is 5.93. The highest BCUT2D eigenvalue weighted by Gasteiger charge is 2.22. The van der Waals surface area contributed by atoms with Crippen LogP contribution < -0.4 is 10.6 Å². The molecule has 12 heteroatoms. The van der Waals surface area contributed by atoms with Gasteiger partial charge < -0.3 is 10.6 Å². The van der Waals surface area contributed by atoms with Crippen molar-refractivity contribution in [2.75, 3.05) is 5.32 Å². The van der Waals surface area contributed by atoms with E-state index in [1.54, 1.807) is 18.2 Å². The highest BCUT2D eigenvalue weighted by molar-refractivity contribution is 9.10. The first kappa shape index (κ1) is 23.9. The second kappa shape index (κ2) is 10.2. The quantitative estimate of drug-likeness (QED) is 0.348. The number of anilines is 1. The van der Waals surface area contributed by atoms with Crippen molar-refractivity contribution in [2.45, 2.75) is 24.8 Å². The molecule has 0 atom stereocenters. The van der Waals surface area contributed by atoms with Gasteiger partial charge in [-0.25, -0.2) is 9.67 Å². The van der Waals surface area contributed by atoms with E-state index in [0.717, 1.165) is 11.8 Å². The number of carbonyl (C=O) groups excluding carboxylic acids is 2. The van der Waals surface area contributed by atoms with Gasteiger partial charge in [0.05, 0.1) is 15.7 Å². The fourth-order valence-electron chi connectivity index (χ4n) is 2.50. The zero-order valence-electron chi connectivity index (χ0n) is 16.1. The van der Waals surface area contributed by atoms with E-state index in [1.165, 1.54) is 23.0 Å². The topological polar surface area (TPSA) is 88.9 Å². The number of amides is 2. The molecule has 0 fully saturated rings. The van der Waals surface area contributed by atoms with Gasteiger partial charge in [-0.15, -0.1) is 0 Å². The molecule has 2 aromatic heterocycles. The van der Waals surface area contributed by atoms with Gasteiger partial charge in [0.2, 0.25) is 0 Å². The average molecular weight is 564 g/mol. The number of carbonyl (C=O) groups is 2. The van der Waals surface area contributed by atoms with Crippen molar-refractivity contribution in [3.05, 3.63) is 61.9 Å². The molecule has 0 aliphatic carbocycles. The molecule has 0 radical (unpaired) electrons. The number of hydrogen-bond acceptors (Lipinski definition) is 5. The second-order valence-electron chi connectivity index (χ2n) is 6.48. The van der Waals surface area contributed by atoms with Crippen molar-refractivity contribution < 1.29 is 9.59 Å². The first-order valence-electron chi connectivity index (χ1n) is 8.81. The van der Waals surface area contributed by atoms with Crippen molar-refractivity contribution in [1.29, 1.82) is 0 Å². The molecule has 162 valence electrons. The summed E-state index contributed by atoms with van der Waals surface area (Å²) in [6.45, 7) is 3.68. The number of halogens is 4. The minimum atomic E-state index is -0.532. The van der Waals surface area contributed by atoms with Crippen LogP contribution in [0, 0.1) is 0 Å². The molecule has 3 rings (SSSR count). The van der Waals surface area contributed by atoms with Crippen molar-refractivity contribution >= 4 is 79.3 Å². The maximum absolute atomic E-state index is 13.1. The third-order valence-corrected chi connectivity index (χ3v) is 5.76. The van der Waals surface area contributed by atoms with Crippen molar-refractivity contribution in [3.63, 3.8) is 0 Å². The summed E-state index contributed by atoms with van der Waals surface area (Å²) < 4.78 is 1.72. The van der Waals surface area contributed by atoms with Gasteiger partial charge in [0.1, 0.15) is 10.3 Å². The Kier molecular flexibility index (Phi) is 7.87. The minimum Gasteiger partial charge on any atom is -0.345 e. The summed E-state index contributed by atoms with van der Waals surface area (Å²) in [5.41, 5.74) is 0.400. The molecule has 0 spiro atoms. The number of aromatic nitrogens is 3. The number of rotatable bonds is 5. The van der Waals surface area contributed by atoms with Crippen LogP contribution in [0.15, 0.2) is 46.0 Å². The minimum absolute atomic E-state index is 0.0532. The molecule has 0 aliphatic rings. The first-order chi connectivity index (χ1) is 14.7. The average Bonchev–Trinajstić information content (AvgIpc) is 3.05. The molecule has 0 unspecified atom stereocenters. The molecular weight excluding hydrogens is 549 g/mol. The van der Waals surface area contributed by atoms with E-state index in [9.17, 15) is 9.59 Å². The summed E-state index contributed by atoms with van der Waals surface area (Å²) in [6.07, 6.45) is 1.54. The zero-order valence-corrected chi connectivity index (χ0v) is 20.8. The van der Waals surface area contributed by atoms with Crippen LogP contribution in [0.25, 0.3) is 5.82 Å². The Hall–Kier alpha value is -1.78. The fourth-order valence-corrected chi connectivity index (χ4v) is 4.68. The van der Waals surface area contributed by atoms with Crippen LogP contribution in [0.1, 0.15) is 24.3 Å². The Morgan fingerprint density at radius 1 is 1.16 bits per heavy atom. The molecule has 0 aliphatic heterocycles. The monoisotopic (exact) mass is 561 g/mol. The van der Waals surface area contributed by atoms with Crippen LogP contribution in [-0.4, -0.2) is 32.0 Å². The van der Waals surface area contributed by atoms with Crippen LogP contribution in [-0.2, 0) is 0 Å². The largest absolute Gasteiger partial charge is 0.345 e. The number of nitrogens with zero attached hydrogens (tertiary/aromatic N) is 3. The molecule has 3 aromatic rings. The molecule has 0 bridgehead atoms. The van der Waals surface area contributed by atoms with Crippen molar-refractivity contribution in [3.8, 4) is 5.82 Å². The lowest BCUT2D eigenvalue weighted by molar-refractivity contribution is 0.101. The summed E-state index contributed by atoms with van der Waals surface area (Å²) in [4.78, 5) is 30.0. The lowest BCUT2D eigenvalue weighted by Crippen LogP contribution is -2.26. The smallest absolute Gasteiger partial charge is 0.284 e. The molecule has 31 heavy (non-hydrogen) atoms. The molecule has 2 amide bonds. The summed E-state index contributed by atoms with van der Waals surface area (Å²) in [5.74, 6) is -0.247. The van der Waals surface area contributed by atoms with Crippen LogP contribution in [0.4, 0.5) is 10.5 Å². The van der Waals surface area contributed by atoms with Gasteiger partial charge in [0, 0.05) is 28.2 Å². The molecule has 7 nitrogen and oxygen atoms in total. The fraction of sp³-hybridized carbons (Fsp3) is 0.158. The molecular formula is C19H15BrCl3N5O2S. The standard InChI is InChI=1S/C19H15BrCl3N5O2S/c1-9(2)25-19(30)31-14-7-10(21)6-12(23)16(14)26-18(29)13-8-15(20)27-28(13)17-11(22)4-3-5-24-17/h3-9H,1-2H3,(H,25,30)(H,26,29). The van der Waals surface area contributed by atoms with Gasteiger partial charge in [-0.05, 0) is 65.8 Å². The lowest BCUT2D eigenvalue weighted by atomic mass is 10.3. The summed E-state index contributed by atoms with van der Waals surface area (Å²) in [7, 11) is 0. The van der Waals surface area contributed by atoms with Crippen LogP contribution >= 0.6 is 62.5 Å². The van der Waals surface area contributed by atoms with Crippen molar-refractivity contribution in [1.82, 2.24) is 20.1 Å². The van der Waals surface area contributed by atoms with E-state index in [1.807, 2.05) is 13.8 Å². The number of pyridine rings is 1. The number of benzene rings is 1. The van der Waals surface area contributed by atoms with Crippen LogP contribution in [0.2, 0.25) is 15.1 Å². The van der Waals surface area contributed by atoms with Crippen LogP contribution in [0.3, 0.4) is 0 Å². The van der Waals surface area contributed by atoms with Gasteiger partial charge in [-0.3, -0.25) is 9.59 Å². The molecule has 2 N–H and O–H groups in total. The normalized spacial score (nSPS) is 10.9.